The first-order valence-corrected chi connectivity index (χ1v) is 2.97. The van der Waals surface area contributed by atoms with Crippen molar-refractivity contribution in [1.29, 1.82) is 0 Å². The van der Waals surface area contributed by atoms with Gasteiger partial charge in [0.15, 0.2) is 0 Å². The molecule has 2 unspecified atom stereocenters. The first-order chi connectivity index (χ1) is 3.70. The molecule has 8 heavy (non-hydrogen) atoms. The average Bonchev–Trinajstić information content (AvgIpc) is 2.17. The number of carbonyl (C=O) groups is 1. The maximum atomic E-state index is 10.3. The second kappa shape index (κ2) is 1.77. The minimum absolute atomic E-state index is 0.0966. The third kappa shape index (κ3) is 1.22. The zero-order valence-corrected chi connectivity index (χ0v) is 5.27. The highest BCUT2D eigenvalue weighted by Crippen LogP contribution is 2.28. The van der Waals surface area contributed by atoms with Crippen molar-refractivity contribution in [3.8, 4) is 0 Å². The molecule has 0 spiro atoms. The summed E-state index contributed by atoms with van der Waals surface area (Å²) in [6, 6.07) is 0.493. The van der Waals surface area contributed by atoms with Crippen LogP contribution < -0.4 is 5.32 Å². The van der Waals surface area contributed by atoms with Crippen LogP contribution in [0.4, 0.5) is 0 Å². The molecule has 2 heteroatoms. The van der Waals surface area contributed by atoms with Crippen LogP contribution >= 0.6 is 0 Å². The lowest BCUT2D eigenvalue weighted by Crippen LogP contribution is -2.22. The zero-order chi connectivity index (χ0) is 6.15. The van der Waals surface area contributed by atoms with Crippen LogP contribution in [-0.4, -0.2) is 11.9 Å². The number of hydrogen-bond donors (Lipinski definition) is 1. The van der Waals surface area contributed by atoms with E-state index in [0.717, 1.165) is 5.92 Å². The third-order valence-electron chi connectivity index (χ3n) is 1.50. The maximum absolute atomic E-state index is 10.3. The molecule has 1 aliphatic rings. The Kier molecular flexibility index (Phi) is 1.24. The standard InChI is InChI=1S/C6H11NO/c1-4-3-6(4)7-5(2)8/h4,6H,3H2,1-2H3,(H,7,8). The molecule has 0 saturated heterocycles. The Balaban J connectivity index is 2.14. The molecule has 0 aliphatic heterocycles. The monoisotopic (exact) mass is 113 g/mol. The van der Waals surface area contributed by atoms with E-state index >= 15 is 0 Å². The number of rotatable bonds is 1. The second-order valence-electron chi connectivity index (χ2n) is 2.52. The molecule has 1 N–H and O–H groups in total. The van der Waals surface area contributed by atoms with Crippen molar-refractivity contribution in [2.75, 3.05) is 0 Å². The van der Waals surface area contributed by atoms with Crippen LogP contribution in [0.25, 0.3) is 0 Å². The van der Waals surface area contributed by atoms with Crippen LogP contribution in [0, 0.1) is 5.92 Å². The van der Waals surface area contributed by atoms with Gasteiger partial charge in [-0.3, -0.25) is 4.79 Å². The largest absolute Gasteiger partial charge is 0.353 e. The van der Waals surface area contributed by atoms with Crippen molar-refractivity contribution in [2.45, 2.75) is 26.3 Å². The Hall–Kier alpha value is -0.530. The van der Waals surface area contributed by atoms with Crippen molar-refractivity contribution in [1.82, 2.24) is 5.32 Å². The van der Waals surface area contributed by atoms with Crippen LogP contribution in [0.3, 0.4) is 0 Å². The minimum Gasteiger partial charge on any atom is -0.353 e. The molecule has 0 bridgehead atoms. The predicted octanol–water partition coefficient (Wildman–Crippen LogP) is 0.531. The third-order valence-corrected chi connectivity index (χ3v) is 1.50. The van der Waals surface area contributed by atoms with Crippen LogP contribution in [0.2, 0.25) is 0 Å². The molecule has 2 nitrogen and oxygen atoms in total. The summed E-state index contributed by atoms with van der Waals surface area (Å²) in [5, 5.41) is 2.83. The van der Waals surface area contributed by atoms with Gasteiger partial charge in [0.05, 0.1) is 0 Å². The molecule has 0 aromatic rings. The summed E-state index contributed by atoms with van der Waals surface area (Å²) in [7, 11) is 0. The lowest BCUT2D eigenvalue weighted by Gasteiger charge is -1.94. The van der Waals surface area contributed by atoms with E-state index in [2.05, 4.69) is 12.2 Å². The van der Waals surface area contributed by atoms with Crippen molar-refractivity contribution in [2.24, 2.45) is 5.92 Å². The summed E-state index contributed by atoms with van der Waals surface area (Å²) in [6.07, 6.45) is 1.17. The van der Waals surface area contributed by atoms with Gasteiger partial charge in [-0.05, 0) is 12.3 Å². The normalized spacial score (nSPS) is 34.2. The van der Waals surface area contributed by atoms with Gasteiger partial charge in [-0.1, -0.05) is 6.92 Å². The van der Waals surface area contributed by atoms with Gasteiger partial charge < -0.3 is 5.32 Å². The van der Waals surface area contributed by atoms with E-state index in [0.29, 0.717) is 6.04 Å². The lowest BCUT2D eigenvalue weighted by molar-refractivity contribution is -0.119. The summed E-state index contributed by atoms with van der Waals surface area (Å²) < 4.78 is 0. The molecule has 1 amide bonds. The van der Waals surface area contributed by atoms with E-state index in [1.54, 1.807) is 6.92 Å². The van der Waals surface area contributed by atoms with E-state index in [9.17, 15) is 4.79 Å². The van der Waals surface area contributed by atoms with Gasteiger partial charge in [-0.15, -0.1) is 0 Å². The van der Waals surface area contributed by atoms with E-state index in [-0.39, 0.29) is 5.91 Å². The zero-order valence-electron chi connectivity index (χ0n) is 5.27. The Morgan fingerprint density at radius 3 is 2.38 bits per heavy atom. The molecular formula is C6H11NO. The highest BCUT2D eigenvalue weighted by Gasteiger charge is 2.32. The molecule has 1 fully saturated rings. The average molecular weight is 113 g/mol. The van der Waals surface area contributed by atoms with E-state index in [4.69, 9.17) is 0 Å². The minimum atomic E-state index is 0.0966. The van der Waals surface area contributed by atoms with E-state index in [1.165, 1.54) is 6.42 Å². The quantitative estimate of drug-likeness (QED) is 0.528. The molecule has 0 radical (unpaired) electrons. The van der Waals surface area contributed by atoms with Gasteiger partial charge >= 0.3 is 0 Å². The fourth-order valence-electron chi connectivity index (χ4n) is 0.784. The summed E-state index contributed by atoms with van der Waals surface area (Å²) in [6.45, 7) is 3.70. The first kappa shape index (κ1) is 5.60. The van der Waals surface area contributed by atoms with Crippen LogP contribution in [-0.2, 0) is 4.79 Å². The van der Waals surface area contributed by atoms with Gasteiger partial charge in [0, 0.05) is 13.0 Å². The fourth-order valence-corrected chi connectivity index (χ4v) is 0.784. The Morgan fingerprint density at radius 1 is 1.75 bits per heavy atom. The molecular weight excluding hydrogens is 102 g/mol. The highest BCUT2D eigenvalue weighted by molar-refractivity contribution is 5.73. The number of amides is 1. The summed E-state index contributed by atoms with van der Waals surface area (Å²) in [4.78, 5) is 10.3. The Bertz CT molecular complexity index is 111. The summed E-state index contributed by atoms with van der Waals surface area (Å²) >= 11 is 0. The van der Waals surface area contributed by atoms with Crippen LogP contribution in [0.1, 0.15) is 20.3 Å². The molecule has 46 valence electrons. The smallest absolute Gasteiger partial charge is 0.217 e. The molecule has 1 saturated carbocycles. The maximum Gasteiger partial charge on any atom is 0.217 e. The van der Waals surface area contributed by atoms with Crippen molar-refractivity contribution >= 4 is 5.91 Å². The molecule has 2 atom stereocenters. The molecule has 1 aliphatic carbocycles. The van der Waals surface area contributed by atoms with Gasteiger partial charge in [0.2, 0.25) is 5.91 Å². The Labute approximate surface area is 49.3 Å². The van der Waals surface area contributed by atoms with Gasteiger partial charge in [-0.25, -0.2) is 0 Å². The SMILES string of the molecule is CC(=O)NC1CC1C. The van der Waals surface area contributed by atoms with Gasteiger partial charge in [0.25, 0.3) is 0 Å². The van der Waals surface area contributed by atoms with E-state index < -0.39 is 0 Å². The molecule has 1 rings (SSSR count). The number of hydrogen-bond acceptors (Lipinski definition) is 1. The summed E-state index contributed by atoms with van der Waals surface area (Å²) in [5.41, 5.74) is 0. The fraction of sp³-hybridized carbons (Fsp3) is 0.833. The predicted molar refractivity (Wildman–Crippen MR) is 31.4 cm³/mol. The molecule has 0 aromatic heterocycles. The lowest BCUT2D eigenvalue weighted by atomic mass is 10.5. The van der Waals surface area contributed by atoms with Crippen LogP contribution in [0.5, 0.6) is 0 Å². The van der Waals surface area contributed by atoms with Gasteiger partial charge in [-0.2, -0.15) is 0 Å². The topological polar surface area (TPSA) is 29.1 Å². The summed E-state index contributed by atoms with van der Waals surface area (Å²) in [5.74, 6) is 0.818. The second-order valence-corrected chi connectivity index (χ2v) is 2.52. The number of carbonyl (C=O) groups excluding carboxylic acids is 1. The first-order valence-electron chi connectivity index (χ1n) is 2.97. The van der Waals surface area contributed by atoms with Crippen LogP contribution in [0.15, 0.2) is 0 Å². The van der Waals surface area contributed by atoms with Crippen molar-refractivity contribution < 1.29 is 4.79 Å². The van der Waals surface area contributed by atoms with Crippen molar-refractivity contribution in [3.63, 3.8) is 0 Å². The molecule has 0 aromatic carbocycles. The Morgan fingerprint density at radius 2 is 2.25 bits per heavy atom. The highest BCUT2D eigenvalue weighted by atomic mass is 16.1. The molecule has 0 heterocycles. The van der Waals surface area contributed by atoms with Gasteiger partial charge in [0.1, 0.15) is 0 Å². The number of nitrogens with one attached hydrogen (secondary N) is 1. The van der Waals surface area contributed by atoms with E-state index in [1.807, 2.05) is 0 Å². The van der Waals surface area contributed by atoms with Crippen molar-refractivity contribution in [3.05, 3.63) is 0 Å².